The van der Waals surface area contributed by atoms with Gasteiger partial charge in [0.1, 0.15) is 11.2 Å². The number of benzene rings is 9. The fourth-order valence-electron chi connectivity index (χ4n) is 7.86. The minimum absolute atomic E-state index is 0.599. The first-order valence-electron chi connectivity index (χ1n) is 17.8. The second-order valence-electron chi connectivity index (χ2n) is 13.6. The highest BCUT2D eigenvalue weighted by Crippen LogP contribution is 2.39. The van der Waals surface area contributed by atoms with E-state index in [9.17, 15) is 0 Å². The van der Waals surface area contributed by atoms with E-state index in [1.165, 1.54) is 37.7 Å². The SMILES string of the molecule is c1ccc(-c2nc(-c3ccc4ccc5c6ccccc6ccc5c4c3)nc(-c3cccc4oc5ccc(-c6ccc7ccccc7c6)cc5c34)n2)cc1. The van der Waals surface area contributed by atoms with E-state index in [1.807, 2.05) is 42.5 Å². The Morgan fingerprint density at radius 1 is 0.302 bits per heavy atom. The van der Waals surface area contributed by atoms with Gasteiger partial charge in [0.2, 0.25) is 0 Å². The van der Waals surface area contributed by atoms with Gasteiger partial charge < -0.3 is 4.42 Å². The van der Waals surface area contributed by atoms with Crippen LogP contribution in [0.4, 0.5) is 0 Å². The summed E-state index contributed by atoms with van der Waals surface area (Å²) in [6.07, 6.45) is 0. The summed E-state index contributed by atoms with van der Waals surface area (Å²) in [6.45, 7) is 0. The van der Waals surface area contributed by atoms with Gasteiger partial charge in [-0.05, 0) is 84.5 Å². The Balaban J connectivity index is 1.12. The minimum Gasteiger partial charge on any atom is -0.456 e. The molecule has 0 unspecified atom stereocenters. The molecular formula is C49H29N3O. The highest BCUT2D eigenvalue weighted by molar-refractivity contribution is 6.18. The third-order valence-corrected chi connectivity index (χ3v) is 10.5. The molecule has 0 amide bonds. The summed E-state index contributed by atoms with van der Waals surface area (Å²) < 4.78 is 6.45. The molecule has 246 valence electrons. The molecule has 0 fully saturated rings. The summed E-state index contributed by atoms with van der Waals surface area (Å²) in [4.78, 5) is 15.5. The van der Waals surface area contributed by atoms with Crippen LogP contribution < -0.4 is 0 Å². The van der Waals surface area contributed by atoms with Crippen molar-refractivity contribution in [2.45, 2.75) is 0 Å². The van der Waals surface area contributed by atoms with Crippen LogP contribution in [-0.2, 0) is 0 Å². The molecular weight excluding hydrogens is 647 g/mol. The van der Waals surface area contributed by atoms with Crippen molar-refractivity contribution in [3.05, 3.63) is 176 Å². The highest BCUT2D eigenvalue weighted by atomic mass is 16.3. The first-order chi connectivity index (χ1) is 26.2. The zero-order chi connectivity index (χ0) is 34.9. The van der Waals surface area contributed by atoms with Crippen LogP contribution in [0.15, 0.2) is 180 Å². The Bertz CT molecular complexity index is 3240. The third kappa shape index (κ3) is 4.88. The van der Waals surface area contributed by atoms with Crippen LogP contribution >= 0.6 is 0 Å². The first kappa shape index (κ1) is 29.5. The van der Waals surface area contributed by atoms with Crippen LogP contribution in [0.25, 0.3) is 110 Å². The molecule has 0 N–H and O–H groups in total. The van der Waals surface area contributed by atoms with E-state index in [-0.39, 0.29) is 0 Å². The van der Waals surface area contributed by atoms with Crippen molar-refractivity contribution in [1.82, 2.24) is 15.0 Å². The predicted molar refractivity (Wildman–Crippen MR) is 219 cm³/mol. The molecule has 0 radical (unpaired) electrons. The lowest BCUT2D eigenvalue weighted by molar-refractivity contribution is 0.669. The van der Waals surface area contributed by atoms with Crippen LogP contribution in [0.2, 0.25) is 0 Å². The molecule has 2 aromatic heterocycles. The summed E-state index contributed by atoms with van der Waals surface area (Å²) in [5.41, 5.74) is 6.65. The third-order valence-electron chi connectivity index (χ3n) is 10.5. The van der Waals surface area contributed by atoms with E-state index in [0.29, 0.717) is 17.5 Å². The smallest absolute Gasteiger partial charge is 0.164 e. The fraction of sp³-hybridized carbons (Fsp3) is 0. The van der Waals surface area contributed by atoms with Gasteiger partial charge in [-0.1, -0.05) is 146 Å². The van der Waals surface area contributed by atoms with Gasteiger partial charge in [0.15, 0.2) is 17.5 Å². The Morgan fingerprint density at radius 2 is 0.906 bits per heavy atom. The summed E-state index contributed by atoms with van der Waals surface area (Å²) in [7, 11) is 0. The number of nitrogens with zero attached hydrogens (tertiary/aromatic N) is 3. The van der Waals surface area contributed by atoms with E-state index in [1.54, 1.807) is 0 Å². The molecule has 0 saturated heterocycles. The van der Waals surface area contributed by atoms with Crippen LogP contribution in [0.3, 0.4) is 0 Å². The second kappa shape index (κ2) is 11.7. The maximum absolute atomic E-state index is 6.45. The summed E-state index contributed by atoms with van der Waals surface area (Å²) >= 11 is 0. The topological polar surface area (TPSA) is 51.8 Å². The monoisotopic (exact) mass is 675 g/mol. The molecule has 11 rings (SSSR count). The zero-order valence-corrected chi connectivity index (χ0v) is 28.5. The van der Waals surface area contributed by atoms with Crippen LogP contribution in [0, 0.1) is 0 Å². The van der Waals surface area contributed by atoms with Crippen LogP contribution in [-0.4, -0.2) is 15.0 Å². The van der Waals surface area contributed by atoms with E-state index in [2.05, 4.69) is 133 Å². The molecule has 4 nitrogen and oxygen atoms in total. The molecule has 9 aromatic carbocycles. The Morgan fingerprint density at radius 3 is 1.77 bits per heavy atom. The quantitative estimate of drug-likeness (QED) is 0.174. The maximum Gasteiger partial charge on any atom is 0.164 e. The number of hydrogen-bond donors (Lipinski definition) is 0. The normalized spacial score (nSPS) is 11.8. The minimum atomic E-state index is 0.599. The lowest BCUT2D eigenvalue weighted by Crippen LogP contribution is -2.00. The van der Waals surface area contributed by atoms with Gasteiger partial charge in [0.25, 0.3) is 0 Å². The lowest BCUT2D eigenvalue weighted by Gasteiger charge is -2.11. The van der Waals surface area contributed by atoms with Crippen LogP contribution in [0.1, 0.15) is 0 Å². The molecule has 0 saturated carbocycles. The number of aromatic nitrogens is 3. The van der Waals surface area contributed by atoms with Gasteiger partial charge in [-0.25, -0.2) is 15.0 Å². The molecule has 53 heavy (non-hydrogen) atoms. The molecule has 0 atom stereocenters. The van der Waals surface area contributed by atoms with E-state index >= 15 is 0 Å². The zero-order valence-electron chi connectivity index (χ0n) is 28.5. The Kier molecular flexibility index (Phi) is 6.52. The average molecular weight is 676 g/mol. The average Bonchev–Trinajstić information content (AvgIpc) is 3.61. The molecule has 11 aromatic rings. The van der Waals surface area contributed by atoms with Gasteiger partial charge >= 0.3 is 0 Å². The second-order valence-corrected chi connectivity index (χ2v) is 13.6. The summed E-state index contributed by atoms with van der Waals surface area (Å²) in [6, 6.07) is 61.7. The van der Waals surface area contributed by atoms with Crippen LogP contribution in [0.5, 0.6) is 0 Å². The largest absolute Gasteiger partial charge is 0.456 e. The number of fused-ring (bicyclic) bond motifs is 9. The van der Waals surface area contributed by atoms with Gasteiger partial charge in [0.05, 0.1) is 0 Å². The van der Waals surface area contributed by atoms with Crippen molar-refractivity contribution in [1.29, 1.82) is 0 Å². The van der Waals surface area contributed by atoms with Crippen molar-refractivity contribution in [3.63, 3.8) is 0 Å². The molecule has 0 aliphatic rings. The fourth-order valence-corrected chi connectivity index (χ4v) is 7.86. The standard InChI is InChI=1S/C49H29N3O/c1-2-11-33(12-3-1)47-50-48(37-20-18-32-22-24-39-38-14-7-6-10-31(38)21-25-40(39)42(32)29-37)52-49(51-47)41-15-8-16-45-46(41)43-28-36(23-26-44(43)53-45)35-19-17-30-9-4-5-13-34(30)27-35/h1-29H. The Hall–Kier alpha value is -7.17. The molecule has 0 aliphatic carbocycles. The summed E-state index contributed by atoms with van der Waals surface area (Å²) in [5, 5.41) is 11.7. The van der Waals surface area contributed by atoms with Crippen molar-refractivity contribution in [3.8, 4) is 45.3 Å². The van der Waals surface area contributed by atoms with Crippen molar-refractivity contribution in [2.24, 2.45) is 0 Å². The first-order valence-corrected chi connectivity index (χ1v) is 17.8. The van der Waals surface area contributed by atoms with Gasteiger partial charge in [0, 0.05) is 27.5 Å². The van der Waals surface area contributed by atoms with Crippen molar-refractivity contribution >= 4 is 65.0 Å². The van der Waals surface area contributed by atoms with E-state index in [4.69, 9.17) is 19.4 Å². The lowest BCUT2D eigenvalue weighted by atomic mass is 9.96. The molecule has 4 heteroatoms. The van der Waals surface area contributed by atoms with Gasteiger partial charge in [-0.3, -0.25) is 0 Å². The van der Waals surface area contributed by atoms with Crippen molar-refractivity contribution < 1.29 is 4.42 Å². The van der Waals surface area contributed by atoms with E-state index < -0.39 is 0 Å². The maximum atomic E-state index is 6.45. The Labute approximate surface area is 304 Å². The highest BCUT2D eigenvalue weighted by Gasteiger charge is 2.19. The summed E-state index contributed by atoms with van der Waals surface area (Å²) in [5.74, 6) is 1.84. The van der Waals surface area contributed by atoms with Gasteiger partial charge in [-0.15, -0.1) is 0 Å². The van der Waals surface area contributed by atoms with Gasteiger partial charge in [-0.2, -0.15) is 0 Å². The number of hydrogen-bond acceptors (Lipinski definition) is 4. The van der Waals surface area contributed by atoms with Crippen molar-refractivity contribution in [2.75, 3.05) is 0 Å². The molecule has 0 bridgehead atoms. The molecule has 0 spiro atoms. The number of furan rings is 1. The molecule has 0 aliphatic heterocycles. The molecule has 2 heterocycles. The number of rotatable bonds is 4. The van der Waals surface area contributed by atoms with E-state index in [0.717, 1.165) is 55.1 Å². The predicted octanol–water partition coefficient (Wildman–Crippen LogP) is 13.1.